The van der Waals surface area contributed by atoms with Crippen molar-refractivity contribution < 1.29 is 5.11 Å². The molecule has 1 aliphatic heterocycles. The highest BCUT2D eigenvalue weighted by Gasteiger charge is 2.27. The van der Waals surface area contributed by atoms with E-state index in [1.165, 1.54) is 19.3 Å². The minimum atomic E-state index is -0.147. The van der Waals surface area contributed by atoms with Gasteiger partial charge in [-0.3, -0.25) is 0 Å². The van der Waals surface area contributed by atoms with Gasteiger partial charge in [-0.2, -0.15) is 0 Å². The molecule has 16 heavy (non-hydrogen) atoms. The zero-order chi connectivity index (χ0) is 11.5. The van der Waals surface area contributed by atoms with Gasteiger partial charge in [0.25, 0.3) is 0 Å². The van der Waals surface area contributed by atoms with Crippen molar-refractivity contribution >= 4 is 0 Å². The van der Waals surface area contributed by atoms with Crippen molar-refractivity contribution in [1.82, 2.24) is 10.6 Å². The van der Waals surface area contributed by atoms with E-state index in [-0.39, 0.29) is 6.10 Å². The van der Waals surface area contributed by atoms with Gasteiger partial charge < -0.3 is 15.7 Å². The van der Waals surface area contributed by atoms with Crippen molar-refractivity contribution in [2.24, 2.45) is 17.8 Å². The molecule has 1 saturated carbocycles. The van der Waals surface area contributed by atoms with Crippen LogP contribution >= 0.6 is 0 Å². The molecule has 1 saturated heterocycles. The molecule has 94 valence electrons. The molecule has 0 aromatic rings. The van der Waals surface area contributed by atoms with Crippen LogP contribution in [-0.4, -0.2) is 36.9 Å². The van der Waals surface area contributed by atoms with Crippen LogP contribution in [0.1, 0.15) is 33.1 Å². The molecular weight excluding hydrogens is 200 g/mol. The highest BCUT2D eigenvalue weighted by atomic mass is 16.3. The average Bonchev–Trinajstić information content (AvgIpc) is 2.59. The van der Waals surface area contributed by atoms with Gasteiger partial charge in [0.05, 0.1) is 6.10 Å². The van der Waals surface area contributed by atoms with E-state index in [1.807, 2.05) is 0 Å². The molecule has 0 amide bonds. The third kappa shape index (κ3) is 3.19. The van der Waals surface area contributed by atoms with Gasteiger partial charge in [0.15, 0.2) is 0 Å². The third-order valence-corrected chi connectivity index (χ3v) is 4.15. The second-order valence-corrected chi connectivity index (χ2v) is 6.01. The van der Waals surface area contributed by atoms with Crippen molar-refractivity contribution in [3.05, 3.63) is 0 Å². The Morgan fingerprint density at radius 3 is 2.38 bits per heavy atom. The first-order chi connectivity index (χ1) is 7.65. The molecule has 4 atom stereocenters. The van der Waals surface area contributed by atoms with E-state index in [4.69, 9.17) is 0 Å². The zero-order valence-electron chi connectivity index (χ0n) is 10.6. The van der Waals surface area contributed by atoms with E-state index in [1.54, 1.807) is 0 Å². The van der Waals surface area contributed by atoms with Crippen LogP contribution in [0, 0.1) is 17.8 Å². The fourth-order valence-electron chi connectivity index (χ4n) is 3.36. The molecule has 0 radical (unpaired) electrons. The van der Waals surface area contributed by atoms with Crippen LogP contribution < -0.4 is 10.6 Å². The van der Waals surface area contributed by atoms with Gasteiger partial charge in [-0.1, -0.05) is 13.8 Å². The molecular formula is C13H26N2O. The predicted molar refractivity (Wildman–Crippen MR) is 66.3 cm³/mol. The summed E-state index contributed by atoms with van der Waals surface area (Å²) >= 11 is 0. The molecule has 3 N–H and O–H groups in total. The predicted octanol–water partition coefficient (Wildman–Crippen LogP) is 0.981. The van der Waals surface area contributed by atoms with E-state index >= 15 is 0 Å². The lowest BCUT2D eigenvalue weighted by Gasteiger charge is -2.33. The molecule has 2 fully saturated rings. The summed E-state index contributed by atoms with van der Waals surface area (Å²) in [6.07, 6.45) is 3.85. The standard InChI is InChI=1S/C13H26N2O/c1-9-3-10(2)5-12(4-9)15-7-11-6-14-8-13(11)16/h9-16H,3-8H2,1-2H3. The Kier molecular flexibility index (Phi) is 4.22. The summed E-state index contributed by atoms with van der Waals surface area (Å²) in [4.78, 5) is 0. The Labute approximate surface area is 99.0 Å². The largest absolute Gasteiger partial charge is 0.391 e. The molecule has 0 spiro atoms. The van der Waals surface area contributed by atoms with E-state index in [2.05, 4.69) is 24.5 Å². The van der Waals surface area contributed by atoms with Gasteiger partial charge >= 0.3 is 0 Å². The van der Waals surface area contributed by atoms with Crippen LogP contribution in [0.4, 0.5) is 0 Å². The molecule has 3 heteroatoms. The number of hydrogen-bond donors (Lipinski definition) is 3. The first kappa shape index (κ1) is 12.3. The highest BCUT2D eigenvalue weighted by molar-refractivity contribution is 4.85. The first-order valence-corrected chi connectivity index (χ1v) is 6.77. The molecule has 1 aliphatic carbocycles. The third-order valence-electron chi connectivity index (χ3n) is 4.15. The fraction of sp³-hybridized carbons (Fsp3) is 1.00. The van der Waals surface area contributed by atoms with Crippen LogP contribution in [0.3, 0.4) is 0 Å². The van der Waals surface area contributed by atoms with E-state index in [0.717, 1.165) is 31.5 Å². The topological polar surface area (TPSA) is 44.3 Å². The van der Waals surface area contributed by atoms with E-state index in [9.17, 15) is 5.11 Å². The Bertz CT molecular complexity index is 212. The quantitative estimate of drug-likeness (QED) is 0.672. The molecule has 3 nitrogen and oxygen atoms in total. The molecule has 4 unspecified atom stereocenters. The number of aliphatic hydroxyl groups is 1. The summed E-state index contributed by atoms with van der Waals surface area (Å²) in [5.41, 5.74) is 0. The molecule has 0 bridgehead atoms. The Balaban J connectivity index is 1.72. The molecule has 2 rings (SSSR count). The van der Waals surface area contributed by atoms with Gasteiger partial charge in [0, 0.05) is 31.6 Å². The molecule has 1 heterocycles. The average molecular weight is 226 g/mol. The molecule has 0 aromatic heterocycles. The summed E-state index contributed by atoms with van der Waals surface area (Å²) in [6.45, 7) is 7.42. The summed E-state index contributed by atoms with van der Waals surface area (Å²) in [5, 5.41) is 16.6. The summed E-state index contributed by atoms with van der Waals surface area (Å²) < 4.78 is 0. The number of hydrogen-bond acceptors (Lipinski definition) is 3. The smallest absolute Gasteiger partial charge is 0.0716 e. The second-order valence-electron chi connectivity index (χ2n) is 6.01. The zero-order valence-corrected chi connectivity index (χ0v) is 10.6. The Hall–Kier alpha value is -0.120. The van der Waals surface area contributed by atoms with Crippen LogP contribution in [0.15, 0.2) is 0 Å². The number of rotatable bonds is 3. The van der Waals surface area contributed by atoms with Crippen LogP contribution in [0.2, 0.25) is 0 Å². The van der Waals surface area contributed by atoms with Gasteiger partial charge in [-0.25, -0.2) is 0 Å². The van der Waals surface area contributed by atoms with Gasteiger partial charge in [-0.15, -0.1) is 0 Å². The maximum absolute atomic E-state index is 9.72. The minimum Gasteiger partial charge on any atom is -0.391 e. The number of aliphatic hydroxyl groups excluding tert-OH is 1. The van der Waals surface area contributed by atoms with E-state index < -0.39 is 0 Å². The highest BCUT2D eigenvalue weighted by Crippen LogP contribution is 2.28. The van der Waals surface area contributed by atoms with Crippen molar-refractivity contribution in [2.45, 2.75) is 45.3 Å². The summed E-state index contributed by atoms with van der Waals surface area (Å²) in [6, 6.07) is 0.673. The van der Waals surface area contributed by atoms with E-state index in [0.29, 0.717) is 12.0 Å². The van der Waals surface area contributed by atoms with Gasteiger partial charge in [0.1, 0.15) is 0 Å². The Morgan fingerprint density at radius 1 is 1.12 bits per heavy atom. The van der Waals surface area contributed by atoms with Gasteiger partial charge in [-0.05, 0) is 31.1 Å². The van der Waals surface area contributed by atoms with Crippen molar-refractivity contribution in [3.8, 4) is 0 Å². The lowest BCUT2D eigenvalue weighted by atomic mass is 9.80. The first-order valence-electron chi connectivity index (χ1n) is 6.77. The van der Waals surface area contributed by atoms with Gasteiger partial charge in [0.2, 0.25) is 0 Å². The lowest BCUT2D eigenvalue weighted by Crippen LogP contribution is -2.41. The number of β-amino-alcohol motifs (C(OH)–C–C–N with tert-alkyl or cyclic N) is 1. The minimum absolute atomic E-state index is 0.147. The number of nitrogens with one attached hydrogen (secondary N) is 2. The van der Waals surface area contributed by atoms with Crippen LogP contribution in [-0.2, 0) is 0 Å². The second kappa shape index (κ2) is 5.48. The lowest BCUT2D eigenvalue weighted by molar-refractivity contribution is 0.139. The van der Waals surface area contributed by atoms with Crippen molar-refractivity contribution in [3.63, 3.8) is 0 Å². The summed E-state index contributed by atoms with van der Waals surface area (Å²) in [5.74, 6) is 2.12. The monoisotopic (exact) mass is 226 g/mol. The van der Waals surface area contributed by atoms with Crippen molar-refractivity contribution in [1.29, 1.82) is 0 Å². The van der Waals surface area contributed by atoms with Crippen molar-refractivity contribution in [2.75, 3.05) is 19.6 Å². The fourth-order valence-corrected chi connectivity index (χ4v) is 3.36. The Morgan fingerprint density at radius 2 is 1.81 bits per heavy atom. The summed E-state index contributed by atoms with van der Waals surface area (Å²) in [7, 11) is 0. The van der Waals surface area contributed by atoms with Crippen LogP contribution in [0.5, 0.6) is 0 Å². The van der Waals surface area contributed by atoms with Crippen LogP contribution in [0.25, 0.3) is 0 Å². The normalized spacial score (nSPS) is 44.8. The maximum Gasteiger partial charge on any atom is 0.0716 e. The molecule has 2 aliphatic rings. The molecule has 0 aromatic carbocycles. The SMILES string of the molecule is CC1CC(C)CC(NCC2CNCC2O)C1. The maximum atomic E-state index is 9.72.